The molecule has 0 bridgehead atoms. The third-order valence-corrected chi connectivity index (χ3v) is 5.51. The summed E-state index contributed by atoms with van der Waals surface area (Å²) in [6.07, 6.45) is -0.628. The Labute approximate surface area is 165 Å². The average molecular weight is 405 g/mol. The first-order valence-electron chi connectivity index (χ1n) is 9.05. The number of thioether (sulfide) groups is 1. The summed E-state index contributed by atoms with van der Waals surface area (Å²) < 4.78 is 10.9. The molecule has 1 saturated heterocycles. The van der Waals surface area contributed by atoms with E-state index in [4.69, 9.17) is 9.47 Å². The van der Waals surface area contributed by atoms with Crippen LogP contribution in [0.25, 0.3) is 0 Å². The fourth-order valence-corrected chi connectivity index (χ4v) is 4.16. The summed E-state index contributed by atoms with van der Waals surface area (Å²) in [5.74, 6) is -0.893. The van der Waals surface area contributed by atoms with Crippen LogP contribution >= 0.6 is 11.8 Å². The van der Waals surface area contributed by atoms with Crippen LogP contribution in [-0.4, -0.2) is 70.0 Å². The first-order valence-corrected chi connectivity index (χ1v) is 10.1. The molecule has 0 aromatic rings. The second kappa shape index (κ2) is 9.64. The number of carboxylic acids is 1. The number of aliphatic carboxylic acids is 1. The summed E-state index contributed by atoms with van der Waals surface area (Å²) in [7, 11) is 1.67. The summed E-state index contributed by atoms with van der Waals surface area (Å²) in [4.78, 5) is 36.8. The van der Waals surface area contributed by atoms with Gasteiger partial charge in [0.15, 0.2) is 0 Å². The van der Waals surface area contributed by atoms with Gasteiger partial charge in [-0.2, -0.15) is 0 Å². The summed E-state index contributed by atoms with van der Waals surface area (Å²) in [5.41, 5.74) is -0.611. The molecule has 1 amide bonds. The number of rotatable bonds is 7. The number of nitrogens with one attached hydrogen (secondary N) is 1. The van der Waals surface area contributed by atoms with E-state index in [2.05, 4.69) is 5.32 Å². The smallest absolute Gasteiger partial charge is 0.410 e. The van der Waals surface area contributed by atoms with Crippen LogP contribution in [0.4, 0.5) is 4.79 Å². The van der Waals surface area contributed by atoms with Crippen LogP contribution in [0.15, 0.2) is 0 Å². The standard InChI is InChI=1S/C18H32N2O6S/c1-10(2)13(20(7)17(24)26-18(4,5)6)8-14(25-11(3)21)15-19-12(9-27-15)16(22)23/h10,12-15,19H,8-9H2,1-7H3,(H,22,23)/t12?,13-,14-,15?/m1/s1. The molecule has 0 radical (unpaired) electrons. The van der Waals surface area contributed by atoms with Crippen molar-refractivity contribution in [1.82, 2.24) is 10.2 Å². The first kappa shape index (κ1) is 23.6. The van der Waals surface area contributed by atoms with E-state index < -0.39 is 35.8 Å². The monoisotopic (exact) mass is 404 g/mol. The zero-order valence-corrected chi connectivity index (χ0v) is 18.0. The van der Waals surface area contributed by atoms with Crippen molar-refractivity contribution in [3.63, 3.8) is 0 Å². The number of nitrogens with zero attached hydrogens (tertiary/aromatic N) is 1. The highest BCUT2D eigenvalue weighted by Gasteiger charge is 2.39. The number of hydrogen-bond donors (Lipinski definition) is 2. The highest BCUT2D eigenvalue weighted by atomic mass is 32.2. The number of carboxylic acid groups (broad SMARTS) is 1. The van der Waals surface area contributed by atoms with Gasteiger partial charge >= 0.3 is 18.0 Å². The average Bonchev–Trinajstić information content (AvgIpc) is 2.98. The fourth-order valence-electron chi connectivity index (χ4n) is 2.88. The van der Waals surface area contributed by atoms with Crippen molar-refractivity contribution in [2.45, 2.75) is 77.1 Å². The third kappa shape index (κ3) is 7.57. The Kier molecular flexibility index (Phi) is 8.41. The minimum Gasteiger partial charge on any atom is -0.480 e. The number of carbonyl (C=O) groups is 3. The summed E-state index contributed by atoms with van der Waals surface area (Å²) >= 11 is 1.41. The lowest BCUT2D eigenvalue weighted by atomic mass is 9.96. The minimum atomic E-state index is -0.933. The zero-order chi connectivity index (χ0) is 20.9. The van der Waals surface area contributed by atoms with E-state index >= 15 is 0 Å². The second-order valence-electron chi connectivity index (χ2n) is 8.10. The molecule has 2 N–H and O–H groups in total. The Hall–Kier alpha value is -1.48. The Bertz CT molecular complexity index is 548. The van der Waals surface area contributed by atoms with Gasteiger partial charge in [0.2, 0.25) is 0 Å². The minimum absolute atomic E-state index is 0.0854. The van der Waals surface area contributed by atoms with Crippen molar-refractivity contribution in [1.29, 1.82) is 0 Å². The van der Waals surface area contributed by atoms with Gasteiger partial charge in [0.25, 0.3) is 0 Å². The molecule has 1 rings (SSSR count). The molecule has 0 aromatic heterocycles. The molecular weight excluding hydrogens is 372 g/mol. The van der Waals surface area contributed by atoms with Crippen LogP contribution in [-0.2, 0) is 19.1 Å². The van der Waals surface area contributed by atoms with Gasteiger partial charge in [0, 0.05) is 32.2 Å². The number of esters is 1. The van der Waals surface area contributed by atoms with E-state index in [1.54, 1.807) is 27.8 Å². The fraction of sp³-hybridized carbons (Fsp3) is 0.833. The molecular formula is C18H32N2O6S. The van der Waals surface area contributed by atoms with Crippen LogP contribution in [0, 0.1) is 5.92 Å². The molecule has 8 nitrogen and oxygen atoms in total. The van der Waals surface area contributed by atoms with Gasteiger partial charge in [0.05, 0.1) is 5.37 Å². The van der Waals surface area contributed by atoms with Crippen molar-refractivity contribution < 1.29 is 29.0 Å². The van der Waals surface area contributed by atoms with Crippen LogP contribution in [0.1, 0.15) is 48.0 Å². The van der Waals surface area contributed by atoms with E-state index in [-0.39, 0.29) is 17.3 Å². The van der Waals surface area contributed by atoms with Gasteiger partial charge in [-0.1, -0.05) is 13.8 Å². The van der Waals surface area contributed by atoms with Crippen LogP contribution in [0.5, 0.6) is 0 Å². The van der Waals surface area contributed by atoms with E-state index in [0.29, 0.717) is 12.2 Å². The van der Waals surface area contributed by atoms with Crippen LogP contribution in [0.3, 0.4) is 0 Å². The third-order valence-electron chi connectivity index (χ3n) is 4.18. The summed E-state index contributed by atoms with van der Waals surface area (Å²) in [6, 6.07) is -0.922. The maximum Gasteiger partial charge on any atom is 0.410 e. The maximum absolute atomic E-state index is 12.5. The second-order valence-corrected chi connectivity index (χ2v) is 9.27. The molecule has 0 spiro atoms. The molecule has 9 heteroatoms. The molecule has 1 heterocycles. The SMILES string of the molecule is CC(=O)O[C@H](C[C@H](C(C)C)N(C)C(=O)OC(C)(C)C)C1NC(C(=O)O)CS1. The highest BCUT2D eigenvalue weighted by Crippen LogP contribution is 2.29. The molecule has 27 heavy (non-hydrogen) atoms. The molecule has 1 fully saturated rings. The lowest BCUT2D eigenvalue weighted by molar-refractivity contribution is -0.147. The lowest BCUT2D eigenvalue weighted by Gasteiger charge is -2.36. The van der Waals surface area contributed by atoms with Gasteiger partial charge in [-0.15, -0.1) is 11.8 Å². The summed E-state index contributed by atoms with van der Waals surface area (Å²) in [5, 5.41) is 11.8. The van der Waals surface area contributed by atoms with Gasteiger partial charge < -0.3 is 19.5 Å². The topological polar surface area (TPSA) is 105 Å². The number of amides is 1. The van der Waals surface area contributed by atoms with Crippen molar-refractivity contribution in [3.05, 3.63) is 0 Å². The predicted molar refractivity (Wildman–Crippen MR) is 104 cm³/mol. The normalized spacial score (nSPS) is 22.2. The molecule has 1 aliphatic heterocycles. The zero-order valence-electron chi connectivity index (χ0n) is 17.1. The Morgan fingerprint density at radius 2 is 1.89 bits per heavy atom. The van der Waals surface area contributed by atoms with E-state index in [9.17, 15) is 19.5 Å². The number of ether oxygens (including phenoxy) is 2. The molecule has 1 aliphatic rings. The molecule has 156 valence electrons. The molecule has 4 atom stereocenters. The van der Waals surface area contributed by atoms with Crippen molar-refractivity contribution in [2.75, 3.05) is 12.8 Å². The quantitative estimate of drug-likeness (QED) is 0.623. The lowest BCUT2D eigenvalue weighted by Crippen LogP contribution is -2.49. The molecule has 2 unspecified atom stereocenters. The van der Waals surface area contributed by atoms with Crippen molar-refractivity contribution in [3.8, 4) is 0 Å². The van der Waals surface area contributed by atoms with E-state index in [0.717, 1.165) is 0 Å². The maximum atomic E-state index is 12.5. The largest absolute Gasteiger partial charge is 0.480 e. The van der Waals surface area contributed by atoms with E-state index in [1.165, 1.54) is 23.6 Å². The van der Waals surface area contributed by atoms with Gasteiger partial charge in [-0.3, -0.25) is 14.9 Å². The number of carbonyl (C=O) groups excluding carboxylic acids is 2. The van der Waals surface area contributed by atoms with Crippen LogP contribution in [0.2, 0.25) is 0 Å². The van der Waals surface area contributed by atoms with Gasteiger partial charge in [0.1, 0.15) is 17.7 Å². The van der Waals surface area contributed by atoms with Crippen LogP contribution < -0.4 is 5.32 Å². The molecule has 0 aromatic carbocycles. The van der Waals surface area contributed by atoms with Gasteiger partial charge in [-0.05, 0) is 26.7 Å². The van der Waals surface area contributed by atoms with E-state index in [1.807, 2.05) is 13.8 Å². The van der Waals surface area contributed by atoms with Gasteiger partial charge in [-0.25, -0.2) is 4.79 Å². The molecule has 0 saturated carbocycles. The highest BCUT2D eigenvalue weighted by molar-refractivity contribution is 8.00. The number of hydrogen-bond acceptors (Lipinski definition) is 7. The predicted octanol–water partition coefficient (Wildman–Crippen LogP) is 2.32. The molecule has 0 aliphatic carbocycles. The Morgan fingerprint density at radius 1 is 1.30 bits per heavy atom. The Balaban J connectivity index is 2.92. The van der Waals surface area contributed by atoms with Crippen molar-refractivity contribution in [2.24, 2.45) is 5.92 Å². The summed E-state index contributed by atoms with van der Waals surface area (Å²) in [6.45, 7) is 10.7. The Morgan fingerprint density at radius 3 is 2.30 bits per heavy atom. The first-order chi connectivity index (χ1) is 12.3. The van der Waals surface area contributed by atoms with Crippen molar-refractivity contribution >= 4 is 29.8 Å².